The molecule has 0 radical (unpaired) electrons. The van der Waals surface area contributed by atoms with Gasteiger partial charge in [-0.15, -0.1) is 0 Å². The Morgan fingerprint density at radius 2 is 2.08 bits per heavy atom. The molecule has 1 rings (SSSR count). The number of hydrogen-bond donors (Lipinski definition) is 2. The van der Waals surface area contributed by atoms with Gasteiger partial charge in [-0.1, -0.05) is 0 Å². The highest BCUT2D eigenvalue weighted by Crippen LogP contribution is 2.11. The average Bonchev–Trinajstić information content (AvgIpc) is 2.56. The van der Waals surface area contributed by atoms with E-state index in [9.17, 15) is 4.79 Å². The third kappa shape index (κ3) is 3.71. The molecule has 4 N–H and O–H groups in total. The first kappa shape index (κ1) is 10.4. The summed E-state index contributed by atoms with van der Waals surface area (Å²) in [6.45, 7) is 1.32. The van der Waals surface area contributed by atoms with Gasteiger partial charge in [0.1, 0.15) is 0 Å². The molecular formula is C8H16N2O3. The van der Waals surface area contributed by atoms with Gasteiger partial charge in [-0.3, -0.25) is 4.79 Å². The van der Waals surface area contributed by atoms with Crippen LogP contribution in [0.25, 0.3) is 0 Å². The topological polar surface area (TPSA) is 87.6 Å². The summed E-state index contributed by atoms with van der Waals surface area (Å²) >= 11 is 0. The lowest BCUT2D eigenvalue weighted by molar-refractivity contribution is -0.119. The molecule has 0 aromatic heterocycles. The highest BCUT2D eigenvalue weighted by molar-refractivity contribution is 5.79. The van der Waals surface area contributed by atoms with E-state index in [1.807, 2.05) is 0 Å². The molecule has 0 saturated carbocycles. The number of ether oxygens (including phenoxy) is 2. The first-order valence-corrected chi connectivity index (χ1v) is 4.48. The van der Waals surface area contributed by atoms with Crippen LogP contribution in [0.2, 0.25) is 0 Å². The van der Waals surface area contributed by atoms with Crippen molar-refractivity contribution in [2.75, 3.05) is 13.2 Å². The lowest BCUT2D eigenvalue weighted by Crippen LogP contribution is -2.36. The van der Waals surface area contributed by atoms with Gasteiger partial charge in [0.05, 0.1) is 19.3 Å². The minimum Gasteiger partial charge on any atom is -0.368 e. The lowest BCUT2D eigenvalue weighted by Gasteiger charge is -2.10. The summed E-state index contributed by atoms with van der Waals surface area (Å²) in [4.78, 5) is 10.6. The van der Waals surface area contributed by atoms with Crippen LogP contribution in [0.3, 0.4) is 0 Å². The molecule has 0 aromatic rings. The smallest absolute Gasteiger partial charge is 0.234 e. The second-order valence-corrected chi connectivity index (χ2v) is 3.11. The van der Waals surface area contributed by atoms with Crippen LogP contribution in [0.15, 0.2) is 0 Å². The summed E-state index contributed by atoms with van der Waals surface area (Å²) in [5.74, 6) is -0.451. The number of nitrogens with two attached hydrogens (primary N) is 2. The average molecular weight is 188 g/mol. The molecule has 0 aromatic carbocycles. The summed E-state index contributed by atoms with van der Waals surface area (Å²) in [6.07, 6.45) is 2.06. The minimum absolute atomic E-state index is 0.111. The van der Waals surface area contributed by atoms with Gasteiger partial charge in [0.2, 0.25) is 5.91 Å². The van der Waals surface area contributed by atoms with Crippen LogP contribution >= 0.6 is 0 Å². The highest BCUT2D eigenvalue weighted by atomic mass is 16.7. The maximum absolute atomic E-state index is 10.6. The number of rotatable bonds is 5. The van der Waals surface area contributed by atoms with Gasteiger partial charge in [0.15, 0.2) is 6.29 Å². The Bertz CT molecular complexity index is 169. The lowest BCUT2D eigenvalue weighted by atomic mass is 10.1. The predicted molar refractivity (Wildman–Crippen MR) is 46.7 cm³/mol. The predicted octanol–water partition coefficient (Wildman–Crippen LogP) is -0.658. The van der Waals surface area contributed by atoms with Gasteiger partial charge in [-0.05, 0) is 19.3 Å². The highest BCUT2D eigenvalue weighted by Gasteiger charge is 2.16. The molecule has 76 valence electrons. The van der Waals surface area contributed by atoms with Crippen LogP contribution in [0.4, 0.5) is 0 Å². The van der Waals surface area contributed by atoms with Crippen molar-refractivity contribution >= 4 is 5.91 Å². The van der Waals surface area contributed by atoms with Gasteiger partial charge in [-0.2, -0.15) is 0 Å². The molecule has 5 heteroatoms. The van der Waals surface area contributed by atoms with Crippen molar-refractivity contribution in [1.29, 1.82) is 0 Å². The molecule has 1 aliphatic rings. The van der Waals surface area contributed by atoms with Crippen molar-refractivity contribution in [3.8, 4) is 0 Å². The van der Waals surface area contributed by atoms with E-state index in [1.165, 1.54) is 0 Å². The molecule has 13 heavy (non-hydrogen) atoms. The first-order valence-electron chi connectivity index (χ1n) is 4.48. The van der Waals surface area contributed by atoms with Crippen LogP contribution in [0, 0.1) is 0 Å². The zero-order valence-electron chi connectivity index (χ0n) is 7.57. The third-order valence-corrected chi connectivity index (χ3v) is 2.01. The Morgan fingerprint density at radius 1 is 1.46 bits per heavy atom. The molecule has 0 spiro atoms. The molecular weight excluding hydrogens is 172 g/mol. The fourth-order valence-electron chi connectivity index (χ4n) is 1.22. The molecule has 1 saturated heterocycles. The molecule has 1 unspecified atom stereocenters. The molecule has 0 aliphatic carbocycles. The third-order valence-electron chi connectivity index (χ3n) is 2.01. The van der Waals surface area contributed by atoms with E-state index in [0.717, 1.165) is 12.8 Å². The van der Waals surface area contributed by atoms with Gasteiger partial charge < -0.3 is 20.9 Å². The summed E-state index contributed by atoms with van der Waals surface area (Å²) in [6, 6.07) is -0.540. The van der Waals surface area contributed by atoms with Gasteiger partial charge >= 0.3 is 0 Å². The monoisotopic (exact) mass is 188 g/mol. The van der Waals surface area contributed by atoms with Crippen LogP contribution < -0.4 is 11.5 Å². The summed E-state index contributed by atoms with van der Waals surface area (Å²) < 4.78 is 10.4. The first-order chi connectivity index (χ1) is 6.20. The van der Waals surface area contributed by atoms with Crippen LogP contribution in [-0.2, 0) is 14.3 Å². The van der Waals surface area contributed by atoms with Crippen molar-refractivity contribution in [2.45, 2.75) is 31.6 Å². The Kier molecular flexibility index (Phi) is 4.14. The fraction of sp³-hybridized carbons (Fsp3) is 0.875. The van der Waals surface area contributed by atoms with Gasteiger partial charge in [0.25, 0.3) is 0 Å². The second kappa shape index (κ2) is 5.16. The Hall–Kier alpha value is -0.650. The molecule has 1 fully saturated rings. The van der Waals surface area contributed by atoms with E-state index in [-0.39, 0.29) is 6.29 Å². The molecule has 1 aliphatic heterocycles. The van der Waals surface area contributed by atoms with Crippen molar-refractivity contribution < 1.29 is 14.3 Å². The maximum Gasteiger partial charge on any atom is 0.234 e. The number of primary amides is 1. The zero-order valence-corrected chi connectivity index (χ0v) is 7.57. The van der Waals surface area contributed by atoms with Crippen LogP contribution in [-0.4, -0.2) is 31.5 Å². The summed E-state index contributed by atoms with van der Waals surface area (Å²) in [5, 5.41) is 0. The fourth-order valence-corrected chi connectivity index (χ4v) is 1.22. The van der Waals surface area contributed by atoms with E-state index >= 15 is 0 Å². The molecule has 5 nitrogen and oxygen atoms in total. The number of carbonyl (C=O) groups is 1. The van der Waals surface area contributed by atoms with Crippen molar-refractivity contribution in [3.05, 3.63) is 0 Å². The summed E-state index contributed by atoms with van der Waals surface area (Å²) in [7, 11) is 0. The Balaban J connectivity index is 2.02. The van der Waals surface area contributed by atoms with E-state index in [2.05, 4.69) is 0 Å². The van der Waals surface area contributed by atoms with Crippen LogP contribution in [0.5, 0.6) is 0 Å². The standard InChI is InChI=1S/C8H16N2O3/c9-6(8(10)11)2-1-3-7-12-4-5-13-7/h6-7H,1-5,9H2,(H2,10,11). The van der Waals surface area contributed by atoms with Crippen molar-refractivity contribution in [3.63, 3.8) is 0 Å². The number of amides is 1. The maximum atomic E-state index is 10.6. The number of hydrogen-bond acceptors (Lipinski definition) is 4. The van der Waals surface area contributed by atoms with E-state index < -0.39 is 11.9 Å². The zero-order chi connectivity index (χ0) is 9.68. The molecule has 1 amide bonds. The molecule has 1 heterocycles. The number of carbonyl (C=O) groups excluding carboxylic acids is 1. The van der Waals surface area contributed by atoms with Crippen molar-refractivity contribution in [2.24, 2.45) is 11.5 Å². The van der Waals surface area contributed by atoms with E-state index in [1.54, 1.807) is 0 Å². The van der Waals surface area contributed by atoms with Gasteiger partial charge in [-0.25, -0.2) is 0 Å². The van der Waals surface area contributed by atoms with Crippen molar-refractivity contribution in [1.82, 2.24) is 0 Å². The Morgan fingerprint density at radius 3 is 2.62 bits per heavy atom. The van der Waals surface area contributed by atoms with Crippen LogP contribution in [0.1, 0.15) is 19.3 Å². The Labute approximate surface area is 77.4 Å². The summed E-state index contributed by atoms with van der Waals surface area (Å²) in [5.41, 5.74) is 10.4. The normalized spacial score (nSPS) is 20.4. The SMILES string of the molecule is NC(=O)C(N)CCCC1OCCO1. The second-order valence-electron chi connectivity index (χ2n) is 3.11. The van der Waals surface area contributed by atoms with E-state index in [4.69, 9.17) is 20.9 Å². The van der Waals surface area contributed by atoms with E-state index in [0.29, 0.717) is 19.6 Å². The molecule has 1 atom stereocenters. The van der Waals surface area contributed by atoms with Gasteiger partial charge in [0, 0.05) is 0 Å². The molecule has 0 bridgehead atoms. The largest absolute Gasteiger partial charge is 0.368 e. The quantitative estimate of drug-likeness (QED) is 0.599. The minimum atomic E-state index is -0.540.